The SMILES string of the molecule is CCOC(=O)Oc1ccc(C#N)cc1OC. The summed E-state index contributed by atoms with van der Waals surface area (Å²) in [6.07, 6.45) is -0.800. The molecule has 1 aromatic carbocycles. The quantitative estimate of drug-likeness (QED) is 0.577. The van der Waals surface area contributed by atoms with E-state index in [9.17, 15) is 4.79 Å². The Bertz CT molecular complexity index is 422. The first-order valence-electron chi connectivity index (χ1n) is 4.64. The third-order valence-corrected chi connectivity index (χ3v) is 1.75. The van der Waals surface area contributed by atoms with E-state index in [1.807, 2.05) is 6.07 Å². The average molecular weight is 221 g/mol. The molecule has 1 rings (SSSR count). The highest BCUT2D eigenvalue weighted by Gasteiger charge is 2.11. The maximum Gasteiger partial charge on any atom is 0.513 e. The molecule has 5 nitrogen and oxygen atoms in total. The molecular weight excluding hydrogens is 210 g/mol. The van der Waals surface area contributed by atoms with Gasteiger partial charge in [-0.05, 0) is 19.1 Å². The van der Waals surface area contributed by atoms with Gasteiger partial charge in [0.05, 0.1) is 25.3 Å². The first-order chi connectivity index (χ1) is 7.71. The Morgan fingerprint density at radius 3 is 2.75 bits per heavy atom. The standard InChI is InChI=1S/C11H11NO4/c1-3-15-11(13)16-9-5-4-8(7-12)6-10(9)14-2/h4-6H,3H2,1-2H3. The first kappa shape index (κ1) is 11.9. The molecule has 0 aliphatic rings. The maximum atomic E-state index is 11.1. The van der Waals surface area contributed by atoms with Crippen molar-refractivity contribution in [3.05, 3.63) is 23.8 Å². The second kappa shape index (κ2) is 5.61. The number of hydrogen-bond donors (Lipinski definition) is 0. The number of ether oxygens (including phenoxy) is 3. The van der Waals surface area contributed by atoms with Crippen molar-refractivity contribution >= 4 is 6.16 Å². The predicted molar refractivity (Wildman–Crippen MR) is 55.4 cm³/mol. The van der Waals surface area contributed by atoms with E-state index in [0.717, 1.165) is 0 Å². The molecule has 0 spiro atoms. The Morgan fingerprint density at radius 1 is 1.44 bits per heavy atom. The van der Waals surface area contributed by atoms with Crippen LogP contribution in [-0.2, 0) is 4.74 Å². The van der Waals surface area contributed by atoms with Crippen molar-refractivity contribution in [1.29, 1.82) is 5.26 Å². The van der Waals surface area contributed by atoms with E-state index in [1.54, 1.807) is 6.92 Å². The lowest BCUT2D eigenvalue weighted by atomic mass is 10.2. The fourth-order valence-corrected chi connectivity index (χ4v) is 1.06. The van der Waals surface area contributed by atoms with Gasteiger partial charge < -0.3 is 14.2 Å². The van der Waals surface area contributed by atoms with Crippen molar-refractivity contribution in [2.24, 2.45) is 0 Å². The van der Waals surface area contributed by atoms with Crippen LogP contribution in [0, 0.1) is 11.3 Å². The number of rotatable bonds is 3. The zero-order valence-electron chi connectivity index (χ0n) is 9.02. The minimum absolute atomic E-state index is 0.222. The monoisotopic (exact) mass is 221 g/mol. The van der Waals surface area contributed by atoms with E-state index >= 15 is 0 Å². The Hall–Kier alpha value is -2.22. The Kier molecular flexibility index (Phi) is 4.16. The normalized spacial score (nSPS) is 9.06. The van der Waals surface area contributed by atoms with Crippen LogP contribution in [0.3, 0.4) is 0 Å². The zero-order valence-corrected chi connectivity index (χ0v) is 9.02. The molecule has 0 fully saturated rings. The summed E-state index contributed by atoms with van der Waals surface area (Å²) in [5, 5.41) is 8.68. The van der Waals surface area contributed by atoms with Crippen LogP contribution in [0.25, 0.3) is 0 Å². The number of carbonyl (C=O) groups is 1. The van der Waals surface area contributed by atoms with E-state index in [4.69, 9.17) is 14.7 Å². The molecule has 0 atom stereocenters. The highest BCUT2D eigenvalue weighted by atomic mass is 16.7. The summed E-state index contributed by atoms with van der Waals surface area (Å²) in [5.74, 6) is 0.534. The van der Waals surface area contributed by atoms with Gasteiger partial charge in [-0.25, -0.2) is 4.79 Å². The van der Waals surface area contributed by atoms with Crippen LogP contribution < -0.4 is 9.47 Å². The second-order valence-electron chi connectivity index (χ2n) is 2.76. The van der Waals surface area contributed by atoms with Crippen molar-refractivity contribution < 1.29 is 19.0 Å². The van der Waals surface area contributed by atoms with E-state index in [0.29, 0.717) is 11.3 Å². The maximum absolute atomic E-state index is 11.1. The first-order valence-corrected chi connectivity index (χ1v) is 4.64. The van der Waals surface area contributed by atoms with Gasteiger partial charge in [0.25, 0.3) is 0 Å². The topological polar surface area (TPSA) is 68.5 Å². The number of carbonyl (C=O) groups excluding carboxylic acids is 1. The van der Waals surface area contributed by atoms with Crippen LogP contribution in [0.4, 0.5) is 4.79 Å². The second-order valence-corrected chi connectivity index (χ2v) is 2.76. The van der Waals surface area contributed by atoms with Gasteiger partial charge in [-0.1, -0.05) is 0 Å². The van der Waals surface area contributed by atoms with Crippen LogP contribution >= 0.6 is 0 Å². The molecule has 0 N–H and O–H groups in total. The molecule has 0 aliphatic heterocycles. The van der Waals surface area contributed by atoms with Gasteiger partial charge in [-0.15, -0.1) is 0 Å². The highest BCUT2D eigenvalue weighted by molar-refractivity contribution is 5.65. The van der Waals surface area contributed by atoms with Gasteiger partial charge in [0.15, 0.2) is 11.5 Å². The van der Waals surface area contributed by atoms with Gasteiger partial charge >= 0.3 is 6.16 Å². The Balaban J connectivity index is 2.88. The van der Waals surface area contributed by atoms with Gasteiger partial charge in [-0.3, -0.25) is 0 Å². The summed E-state index contributed by atoms with van der Waals surface area (Å²) >= 11 is 0. The van der Waals surface area contributed by atoms with E-state index < -0.39 is 6.16 Å². The largest absolute Gasteiger partial charge is 0.513 e. The smallest absolute Gasteiger partial charge is 0.493 e. The van der Waals surface area contributed by atoms with Gasteiger partial charge in [-0.2, -0.15) is 5.26 Å². The lowest BCUT2D eigenvalue weighted by molar-refractivity contribution is 0.103. The average Bonchev–Trinajstić information content (AvgIpc) is 2.30. The summed E-state index contributed by atoms with van der Waals surface area (Å²) in [6, 6.07) is 6.44. The molecule has 84 valence electrons. The Morgan fingerprint density at radius 2 is 2.19 bits per heavy atom. The molecule has 0 saturated heterocycles. The molecule has 5 heteroatoms. The van der Waals surface area contributed by atoms with Crippen LogP contribution in [0.1, 0.15) is 12.5 Å². The van der Waals surface area contributed by atoms with Crippen molar-refractivity contribution in [3.63, 3.8) is 0 Å². The third-order valence-electron chi connectivity index (χ3n) is 1.75. The van der Waals surface area contributed by atoms with E-state index in [1.165, 1.54) is 25.3 Å². The minimum Gasteiger partial charge on any atom is -0.493 e. The molecule has 0 aromatic heterocycles. The van der Waals surface area contributed by atoms with E-state index in [-0.39, 0.29) is 12.4 Å². The van der Waals surface area contributed by atoms with Crippen LogP contribution in [-0.4, -0.2) is 19.9 Å². The summed E-state index contributed by atoms with van der Waals surface area (Å²) in [6.45, 7) is 1.91. The van der Waals surface area contributed by atoms with Crippen molar-refractivity contribution in [1.82, 2.24) is 0 Å². The lowest BCUT2D eigenvalue weighted by Crippen LogP contribution is -2.10. The number of benzene rings is 1. The van der Waals surface area contributed by atoms with Crippen LogP contribution in [0.15, 0.2) is 18.2 Å². The molecule has 0 bridgehead atoms. The molecule has 0 unspecified atom stereocenters. The number of methoxy groups -OCH3 is 1. The summed E-state index contributed by atoms with van der Waals surface area (Å²) in [7, 11) is 1.43. The summed E-state index contributed by atoms with van der Waals surface area (Å²) in [4.78, 5) is 11.1. The summed E-state index contributed by atoms with van der Waals surface area (Å²) in [5.41, 5.74) is 0.424. The fraction of sp³-hybridized carbons (Fsp3) is 0.273. The molecule has 0 saturated carbocycles. The molecule has 1 aromatic rings. The third kappa shape index (κ3) is 2.89. The molecule has 0 amide bonds. The molecule has 0 aliphatic carbocycles. The van der Waals surface area contributed by atoms with Crippen molar-refractivity contribution in [2.75, 3.05) is 13.7 Å². The van der Waals surface area contributed by atoms with Gasteiger partial charge in [0.2, 0.25) is 0 Å². The predicted octanol–water partition coefficient (Wildman–Crippen LogP) is 2.10. The molecule has 0 heterocycles. The van der Waals surface area contributed by atoms with Crippen molar-refractivity contribution in [2.45, 2.75) is 6.92 Å². The number of hydrogen-bond acceptors (Lipinski definition) is 5. The van der Waals surface area contributed by atoms with Crippen molar-refractivity contribution in [3.8, 4) is 17.6 Å². The lowest BCUT2D eigenvalue weighted by Gasteiger charge is -2.08. The summed E-state index contributed by atoms with van der Waals surface area (Å²) < 4.78 is 14.5. The zero-order chi connectivity index (χ0) is 12.0. The number of nitrogens with zero attached hydrogens (tertiary/aromatic N) is 1. The van der Waals surface area contributed by atoms with Crippen LogP contribution in [0.5, 0.6) is 11.5 Å². The van der Waals surface area contributed by atoms with E-state index in [2.05, 4.69) is 4.74 Å². The molecule has 16 heavy (non-hydrogen) atoms. The van der Waals surface area contributed by atoms with Gasteiger partial charge in [0, 0.05) is 6.07 Å². The number of nitriles is 1. The molecule has 0 radical (unpaired) electrons. The van der Waals surface area contributed by atoms with Gasteiger partial charge in [0.1, 0.15) is 0 Å². The molecular formula is C11H11NO4. The minimum atomic E-state index is -0.800. The fourth-order valence-electron chi connectivity index (χ4n) is 1.06. The highest BCUT2D eigenvalue weighted by Crippen LogP contribution is 2.28. The van der Waals surface area contributed by atoms with Crippen LogP contribution in [0.2, 0.25) is 0 Å². The Labute approximate surface area is 93.2 Å².